The number of benzene rings is 2. The van der Waals surface area contributed by atoms with Gasteiger partial charge in [0, 0.05) is 11.2 Å². The van der Waals surface area contributed by atoms with Gasteiger partial charge in [-0.3, -0.25) is 4.79 Å². The summed E-state index contributed by atoms with van der Waals surface area (Å²) in [5, 5.41) is 5.01. The van der Waals surface area contributed by atoms with Crippen LogP contribution in [0.1, 0.15) is 21.5 Å². The minimum Gasteiger partial charge on any atom is -0.493 e. The van der Waals surface area contributed by atoms with Gasteiger partial charge in [0.05, 0.1) is 23.9 Å². The lowest BCUT2D eigenvalue weighted by atomic mass is 10.2. The number of carbonyl (C=O) groups is 1. The Hall–Kier alpha value is -2.80. The van der Waals surface area contributed by atoms with E-state index in [1.54, 1.807) is 36.4 Å². The van der Waals surface area contributed by atoms with E-state index < -0.39 is 5.91 Å². The number of nitrogens with one attached hydrogen (secondary N) is 1. The second-order valence-electron chi connectivity index (χ2n) is 5.99. The first-order valence-corrected chi connectivity index (χ1v) is 9.80. The largest absolute Gasteiger partial charge is 0.493 e. The molecule has 0 aliphatic rings. The van der Waals surface area contributed by atoms with E-state index >= 15 is 0 Å². The highest BCUT2D eigenvalue weighted by molar-refractivity contribution is 6.33. The number of pyridine rings is 1. The fourth-order valence-corrected chi connectivity index (χ4v) is 3.08. The molecule has 1 amide bonds. The molecule has 0 fully saturated rings. The second kappa shape index (κ2) is 10.3. The molecule has 30 heavy (non-hydrogen) atoms. The van der Waals surface area contributed by atoms with Crippen LogP contribution in [0.25, 0.3) is 0 Å². The molecular weight excluding hydrogens is 449 g/mol. The summed E-state index contributed by atoms with van der Waals surface area (Å²) >= 11 is 18.2. The summed E-state index contributed by atoms with van der Waals surface area (Å²) < 4.78 is 11.2. The summed E-state index contributed by atoms with van der Waals surface area (Å²) in [6.07, 6.45) is 2.92. The maximum absolute atomic E-state index is 12.1. The first kappa shape index (κ1) is 21.9. The molecule has 2 aromatic carbocycles. The fourth-order valence-electron chi connectivity index (χ4n) is 2.47. The molecule has 0 saturated carbocycles. The third-order valence-electron chi connectivity index (χ3n) is 3.93. The van der Waals surface area contributed by atoms with Crippen molar-refractivity contribution in [3.05, 3.63) is 86.6 Å². The van der Waals surface area contributed by atoms with Gasteiger partial charge in [-0.05, 0) is 47.5 Å². The molecule has 0 atom stereocenters. The first-order valence-electron chi connectivity index (χ1n) is 8.66. The molecule has 0 unspecified atom stereocenters. The molecule has 0 spiro atoms. The van der Waals surface area contributed by atoms with Crippen molar-refractivity contribution in [1.29, 1.82) is 0 Å². The lowest BCUT2D eigenvalue weighted by Gasteiger charge is -2.13. The minimum atomic E-state index is -0.481. The van der Waals surface area contributed by atoms with Gasteiger partial charge in [0.25, 0.3) is 5.91 Å². The Kier molecular flexibility index (Phi) is 7.52. The molecule has 3 rings (SSSR count). The van der Waals surface area contributed by atoms with Gasteiger partial charge in [-0.15, -0.1) is 0 Å². The van der Waals surface area contributed by atoms with E-state index in [1.807, 2.05) is 12.1 Å². The molecule has 0 aliphatic heterocycles. The number of amides is 1. The Morgan fingerprint density at radius 1 is 1.17 bits per heavy atom. The number of rotatable bonds is 7. The zero-order valence-corrected chi connectivity index (χ0v) is 18.0. The number of carbonyl (C=O) groups excluding carboxylic acids is 1. The quantitative estimate of drug-likeness (QED) is 0.289. The molecule has 0 radical (unpaired) electrons. The molecular formula is C21H16Cl3N3O3. The van der Waals surface area contributed by atoms with Crippen LogP contribution in [0.15, 0.2) is 59.8 Å². The van der Waals surface area contributed by atoms with Crippen molar-refractivity contribution in [2.75, 3.05) is 7.11 Å². The normalized spacial score (nSPS) is 10.8. The van der Waals surface area contributed by atoms with Crippen molar-refractivity contribution in [1.82, 2.24) is 10.4 Å². The molecule has 1 heterocycles. The molecule has 9 heteroatoms. The summed E-state index contributed by atoms with van der Waals surface area (Å²) in [5.41, 5.74) is 4.15. The fraction of sp³-hybridized carbons (Fsp3) is 0.0952. The van der Waals surface area contributed by atoms with Crippen LogP contribution < -0.4 is 14.9 Å². The molecule has 0 saturated heterocycles. The van der Waals surface area contributed by atoms with Crippen LogP contribution >= 0.6 is 34.8 Å². The van der Waals surface area contributed by atoms with E-state index in [4.69, 9.17) is 44.3 Å². The third-order valence-corrected chi connectivity index (χ3v) is 4.77. The molecule has 3 aromatic rings. The zero-order chi connectivity index (χ0) is 21.5. The van der Waals surface area contributed by atoms with E-state index in [-0.39, 0.29) is 10.7 Å². The summed E-state index contributed by atoms with van der Waals surface area (Å²) in [5.74, 6) is 0.349. The zero-order valence-electron chi connectivity index (χ0n) is 15.7. The van der Waals surface area contributed by atoms with Gasteiger partial charge < -0.3 is 9.47 Å². The monoisotopic (exact) mass is 463 g/mol. The first-order chi connectivity index (χ1) is 14.5. The van der Waals surface area contributed by atoms with E-state index in [1.165, 1.54) is 19.5 Å². The van der Waals surface area contributed by atoms with Crippen molar-refractivity contribution >= 4 is 46.9 Å². The number of hydrazone groups is 1. The Morgan fingerprint density at radius 3 is 2.63 bits per heavy atom. The van der Waals surface area contributed by atoms with E-state index in [0.29, 0.717) is 33.7 Å². The van der Waals surface area contributed by atoms with Crippen molar-refractivity contribution < 1.29 is 14.3 Å². The minimum absolute atomic E-state index is 0.0945. The highest BCUT2D eigenvalue weighted by Crippen LogP contribution is 2.36. The summed E-state index contributed by atoms with van der Waals surface area (Å²) in [4.78, 5) is 16.0. The Morgan fingerprint density at radius 2 is 1.93 bits per heavy atom. The van der Waals surface area contributed by atoms with Gasteiger partial charge in [-0.2, -0.15) is 5.10 Å². The summed E-state index contributed by atoms with van der Waals surface area (Å²) in [6.45, 7) is 0.294. The van der Waals surface area contributed by atoms with Gasteiger partial charge in [-0.25, -0.2) is 10.4 Å². The average Bonchev–Trinajstić information content (AvgIpc) is 2.74. The lowest BCUT2D eigenvalue weighted by molar-refractivity contribution is 0.0955. The third kappa shape index (κ3) is 5.63. The number of halogens is 3. The predicted molar refractivity (Wildman–Crippen MR) is 118 cm³/mol. The number of hydrogen-bond acceptors (Lipinski definition) is 5. The number of methoxy groups -OCH3 is 1. The maximum atomic E-state index is 12.1. The van der Waals surface area contributed by atoms with E-state index in [9.17, 15) is 4.79 Å². The van der Waals surface area contributed by atoms with Gasteiger partial charge in [0.15, 0.2) is 11.5 Å². The summed E-state index contributed by atoms with van der Waals surface area (Å²) in [6, 6.07) is 13.8. The number of aromatic nitrogens is 1. The van der Waals surface area contributed by atoms with Crippen LogP contribution in [0.5, 0.6) is 11.5 Å². The van der Waals surface area contributed by atoms with Crippen LogP contribution in [0.4, 0.5) is 0 Å². The molecule has 1 aromatic heterocycles. The number of nitrogens with zero attached hydrogens (tertiary/aromatic N) is 2. The highest BCUT2D eigenvalue weighted by atomic mass is 35.5. The highest BCUT2D eigenvalue weighted by Gasteiger charge is 2.13. The van der Waals surface area contributed by atoms with Crippen molar-refractivity contribution in [2.24, 2.45) is 5.10 Å². The van der Waals surface area contributed by atoms with Crippen LogP contribution in [0.2, 0.25) is 15.2 Å². The number of ether oxygens (including phenoxy) is 2. The van der Waals surface area contributed by atoms with Crippen LogP contribution in [0.3, 0.4) is 0 Å². The van der Waals surface area contributed by atoms with Crippen LogP contribution in [-0.4, -0.2) is 24.2 Å². The van der Waals surface area contributed by atoms with Crippen molar-refractivity contribution in [2.45, 2.75) is 6.61 Å². The molecule has 0 aliphatic carbocycles. The van der Waals surface area contributed by atoms with Crippen LogP contribution in [-0.2, 0) is 6.61 Å². The Balaban J connectivity index is 1.70. The number of hydrogen-bond donors (Lipinski definition) is 1. The second-order valence-corrected chi connectivity index (χ2v) is 7.19. The average molecular weight is 465 g/mol. The maximum Gasteiger partial charge on any atom is 0.274 e. The van der Waals surface area contributed by atoms with E-state index in [2.05, 4.69) is 15.5 Å². The van der Waals surface area contributed by atoms with Gasteiger partial charge >= 0.3 is 0 Å². The molecule has 154 valence electrons. The van der Waals surface area contributed by atoms with Crippen molar-refractivity contribution in [3.8, 4) is 11.5 Å². The van der Waals surface area contributed by atoms with Gasteiger partial charge in [0.1, 0.15) is 11.8 Å². The van der Waals surface area contributed by atoms with Gasteiger partial charge in [-0.1, -0.05) is 46.9 Å². The molecule has 0 bridgehead atoms. The SMILES string of the molecule is COc1cc(C=NNC(=O)c2cccnc2Cl)cc(Cl)c1OCc1ccc(Cl)cc1. The van der Waals surface area contributed by atoms with E-state index in [0.717, 1.165) is 5.56 Å². The Labute approximate surface area is 188 Å². The topological polar surface area (TPSA) is 72.8 Å². The van der Waals surface area contributed by atoms with Crippen molar-refractivity contribution in [3.63, 3.8) is 0 Å². The summed E-state index contributed by atoms with van der Waals surface area (Å²) in [7, 11) is 1.51. The lowest BCUT2D eigenvalue weighted by Crippen LogP contribution is -2.18. The van der Waals surface area contributed by atoms with Gasteiger partial charge in [0.2, 0.25) is 0 Å². The Bertz CT molecular complexity index is 1070. The predicted octanol–water partition coefficient (Wildman–Crippen LogP) is 5.39. The smallest absolute Gasteiger partial charge is 0.274 e. The van der Waals surface area contributed by atoms with Crippen LogP contribution in [0, 0.1) is 0 Å². The molecule has 1 N–H and O–H groups in total. The molecule has 6 nitrogen and oxygen atoms in total. The standard InChI is InChI=1S/C21H16Cl3N3O3/c1-29-18-10-14(11-26-27-21(28)16-3-2-8-25-20(16)24)9-17(23)19(18)30-12-13-4-6-15(22)7-5-13/h2-11H,12H2,1H3,(H,27,28).